The van der Waals surface area contributed by atoms with Crippen LogP contribution < -0.4 is 9.47 Å². The predicted molar refractivity (Wildman–Crippen MR) is 113 cm³/mol. The smallest absolute Gasteiger partial charge is 0.269 e. The molecule has 1 heterocycles. The van der Waals surface area contributed by atoms with E-state index in [2.05, 4.69) is 22.9 Å². The second-order valence-corrected chi connectivity index (χ2v) is 7.45. The number of rotatable bonds is 9. The van der Waals surface area contributed by atoms with E-state index in [1.54, 1.807) is 19.2 Å². The van der Waals surface area contributed by atoms with Crippen LogP contribution in [-0.4, -0.2) is 61.6 Å². The van der Waals surface area contributed by atoms with Gasteiger partial charge in [-0.3, -0.25) is 10.1 Å². The van der Waals surface area contributed by atoms with Gasteiger partial charge in [-0.1, -0.05) is 6.07 Å². The van der Waals surface area contributed by atoms with Crippen molar-refractivity contribution in [1.29, 1.82) is 0 Å². The number of likely N-dealkylation sites (N-methyl/N-ethyl adjacent to an activating group) is 1. The summed E-state index contributed by atoms with van der Waals surface area (Å²) in [5, 5.41) is 10.7. The van der Waals surface area contributed by atoms with Crippen LogP contribution in [0.4, 0.5) is 5.69 Å². The van der Waals surface area contributed by atoms with Crippen LogP contribution in [0.1, 0.15) is 17.5 Å². The molecule has 2 aromatic carbocycles. The Morgan fingerprint density at radius 3 is 2.34 bits per heavy atom. The Hall–Kier alpha value is -2.64. The monoisotopic (exact) mass is 399 g/mol. The number of ether oxygens (including phenoxy) is 2. The fraction of sp³-hybridized carbons (Fsp3) is 0.455. The van der Waals surface area contributed by atoms with E-state index in [0.29, 0.717) is 18.1 Å². The fourth-order valence-electron chi connectivity index (χ4n) is 3.44. The molecule has 0 unspecified atom stereocenters. The number of non-ortho nitro benzene ring substituents is 1. The van der Waals surface area contributed by atoms with Crippen LogP contribution in [0.3, 0.4) is 0 Å². The maximum atomic E-state index is 10.7. The van der Waals surface area contributed by atoms with E-state index in [0.717, 1.165) is 51.1 Å². The maximum Gasteiger partial charge on any atom is 0.269 e. The molecule has 2 aromatic rings. The summed E-state index contributed by atoms with van der Waals surface area (Å²) in [6.45, 7) is 6.04. The van der Waals surface area contributed by atoms with Gasteiger partial charge in [-0.15, -0.1) is 0 Å². The molecule has 1 aliphatic rings. The van der Waals surface area contributed by atoms with Gasteiger partial charge in [0.05, 0.1) is 12.0 Å². The zero-order chi connectivity index (χ0) is 20.6. The molecule has 0 N–H and O–H groups in total. The van der Waals surface area contributed by atoms with Crippen LogP contribution in [0, 0.1) is 10.1 Å². The van der Waals surface area contributed by atoms with Crippen molar-refractivity contribution in [3.05, 3.63) is 63.7 Å². The van der Waals surface area contributed by atoms with Crippen molar-refractivity contribution in [2.75, 3.05) is 46.9 Å². The van der Waals surface area contributed by atoms with Crippen LogP contribution >= 0.6 is 0 Å². The zero-order valence-corrected chi connectivity index (χ0v) is 17.2. The molecule has 0 atom stereocenters. The molecule has 1 saturated heterocycles. The highest BCUT2D eigenvalue weighted by atomic mass is 16.6. The molecule has 0 aromatic heterocycles. The first kappa shape index (κ1) is 21.1. The van der Waals surface area contributed by atoms with E-state index in [9.17, 15) is 10.1 Å². The molecule has 0 spiro atoms. The third-order valence-corrected chi connectivity index (χ3v) is 5.31. The Kier molecular flexibility index (Phi) is 7.43. The molecular formula is C22H29N3O4. The molecule has 156 valence electrons. The summed E-state index contributed by atoms with van der Waals surface area (Å²) in [6, 6.07) is 12.4. The fourth-order valence-corrected chi connectivity index (χ4v) is 3.44. The Labute approximate surface area is 172 Å². The molecule has 0 saturated carbocycles. The Morgan fingerprint density at radius 2 is 1.69 bits per heavy atom. The third-order valence-electron chi connectivity index (χ3n) is 5.31. The van der Waals surface area contributed by atoms with Crippen LogP contribution in [0.2, 0.25) is 0 Å². The minimum Gasteiger partial charge on any atom is -0.493 e. The summed E-state index contributed by atoms with van der Waals surface area (Å²) in [4.78, 5) is 15.2. The SMILES string of the molecule is COc1cc(CCCN2CCN(C)CC2)ccc1OCc1ccc([N+](=O)[O-])cc1. The summed E-state index contributed by atoms with van der Waals surface area (Å²) in [5.41, 5.74) is 2.18. The van der Waals surface area contributed by atoms with Crippen molar-refractivity contribution in [1.82, 2.24) is 9.80 Å². The van der Waals surface area contributed by atoms with Crippen molar-refractivity contribution >= 4 is 5.69 Å². The first-order valence-corrected chi connectivity index (χ1v) is 9.99. The number of piperazine rings is 1. The van der Waals surface area contributed by atoms with Crippen molar-refractivity contribution < 1.29 is 14.4 Å². The van der Waals surface area contributed by atoms with Gasteiger partial charge in [-0.05, 0) is 61.8 Å². The van der Waals surface area contributed by atoms with Crippen LogP contribution in [-0.2, 0) is 13.0 Å². The molecule has 7 nitrogen and oxygen atoms in total. The average Bonchev–Trinajstić information content (AvgIpc) is 2.74. The molecule has 0 aliphatic carbocycles. The third kappa shape index (κ3) is 6.17. The van der Waals surface area contributed by atoms with Gasteiger partial charge in [0.25, 0.3) is 5.69 Å². The summed E-state index contributed by atoms with van der Waals surface area (Å²) in [7, 11) is 3.82. The van der Waals surface area contributed by atoms with E-state index in [4.69, 9.17) is 9.47 Å². The summed E-state index contributed by atoms with van der Waals surface area (Å²) < 4.78 is 11.4. The van der Waals surface area contributed by atoms with Crippen molar-refractivity contribution in [3.8, 4) is 11.5 Å². The van der Waals surface area contributed by atoms with E-state index < -0.39 is 4.92 Å². The summed E-state index contributed by atoms with van der Waals surface area (Å²) >= 11 is 0. The largest absolute Gasteiger partial charge is 0.493 e. The molecule has 0 bridgehead atoms. The van der Waals surface area contributed by atoms with Crippen LogP contribution in [0.25, 0.3) is 0 Å². The number of nitro benzene ring substituents is 1. The van der Waals surface area contributed by atoms with Gasteiger partial charge in [0, 0.05) is 38.3 Å². The molecule has 7 heteroatoms. The number of benzene rings is 2. The standard InChI is InChI=1S/C22H29N3O4/c1-23-12-14-24(15-13-23)11-3-4-18-7-10-21(22(16-18)28-2)29-17-19-5-8-20(9-6-19)25(26)27/h5-10,16H,3-4,11-15,17H2,1-2H3. The van der Waals surface area contributed by atoms with Gasteiger partial charge >= 0.3 is 0 Å². The van der Waals surface area contributed by atoms with Crippen molar-refractivity contribution in [3.63, 3.8) is 0 Å². The van der Waals surface area contributed by atoms with Crippen molar-refractivity contribution in [2.45, 2.75) is 19.4 Å². The summed E-state index contributed by atoms with van der Waals surface area (Å²) in [6.07, 6.45) is 2.13. The van der Waals surface area contributed by atoms with Crippen LogP contribution in [0.15, 0.2) is 42.5 Å². The predicted octanol–water partition coefficient (Wildman–Crippen LogP) is 3.36. The van der Waals surface area contributed by atoms with E-state index >= 15 is 0 Å². The number of methoxy groups -OCH3 is 1. The molecule has 0 radical (unpaired) electrons. The zero-order valence-electron chi connectivity index (χ0n) is 17.2. The minimum absolute atomic E-state index is 0.0762. The molecule has 3 rings (SSSR count). The van der Waals surface area contributed by atoms with Crippen molar-refractivity contribution in [2.24, 2.45) is 0 Å². The Morgan fingerprint density at radius 1 is 1.00 bits per heavy atom. The number of hydrogen-bond acceptors (Lipinski definition) is 6. The quantitative estimate of drug-likeness (QED) is 0.476. The molecule has 1 aliphatic heterocycles. The molecule has 29 heavy (non-hydrogen) atoms. The number of nitro groups is 1. The highest BCUT2D eigenvalue weighted by molar-refractivity contribution is 5.43. The molecule has 0 amide bonds. The second-order valence-electron chi connectivity index (χ2n) is 7.45. The first-order valence-electron chi connectivity index (χ1n) is 9.99. The van der Waals surface area contributed by atoms with Gasteiger partial charge in [-0.25, -0.2) is 0 Å². The average molecular weight is 399 g/mol. The van der Waals surface area contributed by atoms with E-state index in [1.807, 2.05) is 12.1 Å². The number of nitrogens with zero attached hydrogens (tertiary/aromatic N) is 3. The topological polar surface area (TPSA) is 68.1 Å². The first-order chi connectivity index (χ1) is 14.0. The number of hydrogen-bond donors (Lipinski definition) is 0. The lowest BCUT2D eigenvalue weighted by molar-refractivity contribution is -0.384. The summed E-state index contributed by atoms with van der Waals surface area (Å²) in [5.74, 6) is 1.39. The van der Waals surface area contributed by atoms with Gasteiger partial charge in [0.15, 0.2) is 11.5 Å². The Bertz CT molecular complexity index is 802. The van der Waals surface area contributed by atoms with Gasteiger partial charge in [0.1, 0.15) is 6.61 Å². The Balaban J connectivity index is 1.50. The molecular weight excluding hydrogens is 370 g/mol. The van der Waals surface area contributed by atoms with Gasteiger partial charge in [-0.2, -0.15) is 0 Å². The van der Waals surface area contributed by atoms with E-state index in [1.165, 1.54) is 17.7 Å². The molecule has 1 fully saturated rings. The number of aryl methyl sites for hydroxylation is 1. The maximum absolute atomic E-state index is 10.7. The van der Waals surface area contributed by atoms with Crippen LogP contribution in [0.5, 0.6) is 11.5 Å². The van der Waals surface area contributed by atoms with Gasteiger partial charge < -0.3 is 19.3 Å². The van der Waals surface area contributed by atoms with Gasteiger partial charge in [0.2, 0.25) is 0 Å². The second kappa shape index (κ2) is 10.2. The van der Waals surface area contributed by atoms with E-state index in [-0.39, 0.29) is 5.69 Å². The highest BCUT2D eigenvalue weighted by Gasteiger charge is 2.13. The lowest BCUT2D eigenvalue weighted by Crippen LogP contribution is -2.44. The highest BCUT2D eigenvalue weighted by Crippen LogP contribution is 2.29. The normalized spacial score (nSPS) is 15.2. The lowest BCUT2D eigenvalue weighted by atomic mass is 10.1. The minimum atomic E-state index is -0.407. The lowest BCUT2D eigenvalue weighted by Gasteiger charge is -2.32.